The molecule has 2 heterocycles. The van der Waals surface area contributed by atoms with Crippen molar-refractivity contribution in [3.8, 4) is 0 Å². The van der Waals surface area contributed by atoms with E-state index in [2.05, 4.69) is 20.2 Å². The minimum Gasteiger partial charge on any atom is -0.301 e. The maximum atomic E-state index is 11.8. The minimum absolute atomic E-state index is 0.208. The third-order valence-corrected chi connectivity index (χ3v) is 4.34. The van der Waals surface area contributed by atoms with Gasteiger partial charge in [0.15, 0.2) is 10.8 Å². The average Bonchev–Trinajstić information content (AvgIpc) is 2.89. The first-order chi connectivity index (χ1) is 9.63. The maximum absolute atomic E-state index is 11.8. The molecule has 8 heteroatoms. The fourth-order valence-electron chi connectivity index (χ4n) is 1.67. The van der Waals surface area contributed by atoms with Crippen LogP contribution in [-0.4, -0.2) is 20.2 Å². The number of H-pyrrole nitrogens is 2. The smallest absolute Gasteiger partial charge is 0.262 e. The normalized spacial score (nSPS) is 11.1. The van der Waals surface area contributed by atoms with Crippen LogP contribution in [0.25, 0.3) is 11.0 Å². The monoisotopic (exact) mass is 326 g/mol. The van der Waals surface area contributed by atoms with E-state index in [0.29, 0.717) is 32.0 Å². The van der Waals surface area contributed by atoms with Crippen LogP contribution in [0, 0.1) is 0 Å². The Bertz CT molecular complexity index is 830. The first kappa shape index (κ1) is 13.5. The highest BCUT2D eigenvalue weighted by Gasteiger charge is 2.07. The second-order valence-corrected chi connectivity index (χ2v) is 5.82. The average molecular weight is 327 g/mol. The lowest BCUT2D eigenvalue weighted by Crippen LogP contribution is -2.08. The number of thioether (sulfide) groups is 1. The number of halogens is 2. The van der Waals surface area contributed by atoms with Gasteiger partial charge < -0.3 is 4.98 Å². The molecule has 0 fully saturated rings. The van der Waals surface area contributed by atoms with Crippen molar-refractivity contribution in [2.45, 2.75) is 10.9 Å². The van der Waals surface area contributed by atoms with Gasteiger partial charge in [-0.3, -0.25) is 9.89 Å². The molecule has 0 spiro atoms. The number of nitrogens with one attached hydrogen (secondary N) is 2. The Kier molecular flexibility index (Phi) is 3.69. The van der Waals surface area contributed by atoms with Crippen LogP contribution >= 0.6 is 35.0 Å². The van der Waals surface area contributed by atoms with Crippen molar-refractivity contribution in [1.82, 2.24) is 20.2 Å². The molecule has 0 unspecified atom stereocenters. The zero-order valence-electron chi connectivity index (χ0n) is 9.98. The summed E-state index contributed by atoms with van der Waals surface area (Å²) in [5.74, 6) is 0.624. The summed E-state index contributed by atoms with van der Waals surface area (Å²) in [6.45, 7) is 0. The minimum atomic E-state index is -0.208. The quantitative estimate of drug-likeness (QED) is 0.572. The summed E-state index contributed by atoms with van der Waals surface area (Å²) in [5.41, 5.74) is 1.27. The van der Waals surface area contributed by atoms with Crippen LogP contribution in [0.2, 0.25) is 10.0 Å². The summed E-state index contributed by atoms with van der Waals surface area (Å²) in [5, 5.41) is 8.48. The van der Waals surface area contributed by atoms with Crippen LogP contribution < -0.4 is 5.56 Å². The van der Waals surface area contributed by atoms with E-state index in [9.17, 15) is 4.79 Å². The lowest BCUT2D eigenvalue weighted by atomic mass is 10.2. The van der Waals surface area contributed by atoms with Crippen molar-refractivity contribution < 1.29 is 0 Å². The molecule has 20 heavy (non-hydrogen) atoms. The first-order valence-electron chi connectivity index (χ1n) is 5.63. The molecule has 2 N–H and O–H groups in total. The molecule has 3 rings (SSSR count). The Hall–Kier alpha value is -1.50. The lowest BCUT2D eigenvalue weighted by Gasteiger charge is -2.03. The van der Waals surface area contributed by atoms with E-state index in [1.165, 1.54) is 18.0 Å². The van der Waals surface area contributed by atoms with E-state index in [4.69, 9.17) is 23.2 Å². The standard InChI is InChI=1S/C12H8Cl2N4OS/c13-8-2-1-6(3-9(8)14)5-20-12-16-10-7(4-15-18-10)11(19)17-12/h1-4H,5H2,(H2,15,16,17,18,19). The second kappa shape index (κ2) is 5.47. The number of rotatable bonds is 3. The Labute approximate surface area is 127 Å². The van der Waals surface area contributed by atoms with Gasteiger partial charge in [-0.05, 0) is 17.7 Å². The first-order valence-corrected chi connectivity index (χ1v) is 7.38. The van der Waals surface area contributed by atoms with E-state index >= 15 is 0 Å². The molecule has 0 amide bonds. The molecule has 0 atom stereocenters. The van der Waals surface area contributed by atoms with E-state index in [1.54, 1.807) is 12.1 Å². The second-order valence-electron chi connectivity index (χ2n) is 4.04. The number of aromatic nitrogens is 4. The molecule has 2 aromatic heterocycles. The van der Waals surface area contributed by atoms with Gasteiger partial charge in [0.05, 0.1) is 16.2 Å². The topological polar surface area (TPSA) is 74.4 Å². The van der Waals surface area contributed by atoms with E-state index in [-0.39, 0.29) is 5.56 Å². The number of benzene rings is 1. The van der Waals surface area contributed by atoms with Gasteiger partial charge in [-0.15, -0.1) is 0 Å². The molecule has 1 aromatic carbocycles. The summed E-state index contributed by atoms with van der Waals surface area (Å²) in [7, 11) is 0. The highest BCUT2D eigenvalue weighted by atomic mass is 35.5. The molecular formula is C12H8Cl2N4OS. The Balaban J connectivity index is 1.82. The Morgan fingerprint density at radius 2 is 2.10 bits per heavy atom. The highest BCUT2D eigenvalue weighted by Crippen LogP contribution is 2.26. The number of fused-ring (bicyclic) bond motifs is 1. The van der Waals surface area contributed by atoms with Gasteiger partial charge >= 0.3 is 0 Å². The van der Waals surface area contributed by atoms with Gasteiger partial charge in [-0.1, -0.05) is 41.0 Å². The van der Waals surface area contributed by atoms with Gasteiger partial charge in [0.1, 0.15) is 5.39 Å². The van der Waals surface area contributed by atoms with Crippen molar-refractivity contribution in [1.29, 1.82) is 0 Å². The maximum Gasteiger partial charge on any atom is 0.262 e. The summed E-state index contributed by atoms with van der Waals surface area (Å²) in [6.07, 6.45) is 1.45. The van der Waals surface area contributed by atoms with Crippen molar-refractivity contribution in [2.24, 2.45) is 0 Å². The number of nitrogens with zero attached hydrogens (tertiary/aromatic N) is 2. The fraction of sp³-hybridized carbons (Fsp3) is 0.0833. The molecule has 3 aromatic rings. The van der Waals surface area contributed by atoms with Gasteiger partial charge in [0.25, 0.3) is 5.56 Å². The predicted octanol–water partition coefficient (Wildman–Crippen LogP) is 3.25. The number of aromatic amines is 2. The molecule has 0 aliphatic rings. The molecular weight excluding hydrogens is 319 g/mol. The van der Waals surface area contributed by atoms with E-state index in [1.807, 2.05) is 6.07 Å². The predicted molar refractivity (Wildman–Crippen MR) is 80.5 cm³/mol. The molecule has 0 aliphatic heterocycles. The largest absolute Gasteiger partial charge is 0.301 e. The van der Waals surface area contributed by atoms with Crippen LogP contribution in [0.1, 0.15) is 5.56 Å². The molecule has 0 aliphatic carbocycles. The lowest BCUT2D eigenvalue weighted by molar-refractivity contribution is 0.958. The summed E-state index contributed by atoms with van der Waals surface area (Å²) in [6, 6.07) is 5.42. The van der Waals surface area contributed by atoms with Gasteiger partial charge in [0.2, 0.25) is 0 Å². The van der Waals surface area contributed by atoms with Gasteiger partial charge in [-0.25, -0.2) is 4.98 Å². The van der Waals surface area contributed by atoms with Crippen LogP contribution in [0.5, 0.6) is 0 Å². The Morgan fingerprint density at radius 3 is 2.90 bits per heavy atom. The molecule has 0 saturated heterocycles. The fourth-order valence-corrected chi connectivity index (χ4v) is 2.80. The SMILES string of the molecule is O=c1[nH]c(SCc2ccc(Cl)c(Cl)c2)nc2[nH]ncc12. The Morgan fingerprint density at radius 1 is 1.25 bits per heavy atom. The van der Waals surface area contributed by atoms with Gasteiger partial charge in [0, 0.05) is 5.75 Å². The molecule has 0 radical (unpaired) electrons. The zero-order chi connectivity index (χ0) is 14.1. The van der Waals surface area contributed by atoms with Crippen LogP contribution in [0.3, 0.4) is 0 Å². The zero-order valence-corrected chi connectivity index (χ0v) is 12.3. The number of hydrogen-bond acceptors (Lipinski definition) is 4. The van der Waals surface area contributed by atoms with Gasteiger partial charge in [-0.2, -0.15) is 5.10 Å². The highest BCUT2D eigenvalue weighted by molar-refractivity contribution is 7.98. The number of hydrogen-bond donors (Lipinski definition) is 2. The third kappa shape index (κ3) is 2.67. The molecule has 102 valence electrons. The summed E-state index contributed by atoms with van der Waals surface area (Å²) in [4.78, 5) is 18.8. The molecule has 0 saturated carbocycles. The van der Waals surface area contributed by atoms with Crippen LogP contribution in [0.15, 0.2) is 34.3 Å². The van der Waals surface area contributed by atoms with Crippen molar-refractivity contribution >= 4 is 46.0 Å². The van der Waals surface area contributed by atoms with E-state index < -0.39 is 0 Å². The van der Waals surface area contributed by atoms with Crippen LogP contribution in [0.4, 0.5) is 0 Å². The van der Waals surface area contributed by atoms with Crippen LogP contribution in [-0.2, 0) is 5.75 Å². The van der Waals surface area contributed by atoms with Crippen molar-refractivity contribution in [3.05, 3.63) is 50.4 Å². The van der Waals surface area contributed by atoms with Crippen molar-refractivity contribution in [3.63, 3.8) is 0 Å². The third-order valence-electron chi connectivity index (χ3n) is 2.66. The van der Waals surface area contributed by atoms with E-state index in [0.717, 1.165) is 5.56 Å². The summed E-state index contributed by atoms with van der Waals surface area (Å²) < 4.78 is 0. The summed E-state index contributed by atoms with van der Waals surface area (Å²) >= 11 is 13.2. The van der Waals surface area contributed by atoms with Crippen molar-refractivity contribution in [2.75, 3.05) is 0 Å². The molecule has 0 bridgehead atoms. The molecule has 5 nitrogen and oxygen atoms in total.